The van der Waals surface area contributed by atoms with E-state index in [1.54, 1.807) is 30.1 Å². The number of fused-ring (bicyclic) bond motifs is 1. The Labute approximate surface area is 141 Å². The van der Waals surface area contributed by atoms with E-state index in [1.807, 2.05) is 0 Å². The molecule has 0 aliphatic carbocycles. The van der Waals surface area contributed by atoms with Gasteiger partial charge < -0.3 is 14.4 Å². The van der Waals surface area contributed by atoms with E-state index < -0.39 is 11.5 Å². The third-order valence-corrected chi connectivity index (χ3v) is 4.85. The van der Waals surface area contributed by atoms with Crippen LogP contribution in [0.2, 0.25) is 5.15 Å². The summed E-state index contributed by atoms with van der Waals surface area (Å²) in [5.74, 6) is 0.0350. The van der Waals surface area contributed by atoms with Crippen LogP contribution in [0.25, 0.3) is 0 Å². The van der Waals surface area contributed by atoms with Crippen molar-refractivity contribution in [1.82, 2.24) is 9.55 Å². The Morgan fingerprint density at radius 1 is 1.48 bits per heavy atom. The minimum absolute atomic E-state index is 0.246. The Kier molecular flexibility index (Phi) is 4.32. The predicted molar refractivity (Wildman–Crippen MR) is 87.1 cm³/mol. The Hall–Kier alpha value is -1.99. The predicted octanol–water partition coefficient (Wildman–Crippen LogP) is 2.18. The van der Waals surface area contributed by atoms with E-state index in [-0.39, 0.29) is 17.9 Å². The van der Waals surface area contributed by atoms with Crippen LogP contribution in [-0.2, 0) is 22.8 Å². The number of hydrogen-bond donors (Lipinski definition) is 1. The Balaban J connectivity index is 2.16. The molecule has 1 N–H and O–H groups in total. The zero-order valence-electron chi connectivity index (χ0n) is 12.2. The fourth-order valence-corrected chi connectivity index (χ4v) is 3.76. The minimum Gasteiger partial charge on any atom is -0.506 e. The van der Waals surface area contributed by atoms with Gasteiger partial charge in [0.25, 0.3) is 5.56 Å². The number of methoxy groups -OCH3 is 1. The summed E-state index contributed by atoms with van der Waals surface area (Å²) in [6.45, 7) is 0.246. The molecule has 3 rings (SSSR count). The molecule has 3 heterocycles. The van der Waals surface area contributed by atoms with Crippen molar-refractivity contribution in [2.45, 2.75) is 18.1 Å². The van der Waals surface area contributed by atoms with Crippen LogP contribution in [0.5, 0.6) is 5.75 Å². The largest absolute Gasteiger partial charge is 0.506 e. The Morgan fingerprint density at radius 2 is 2.26 bits per heavy atom. The highest BCUT2D eigenvalue weighted by Crippen LogP contribution is 2.36. The zero-order valence-corrected chi connectivity index (χ0v) is 13.8. The number of thioether (sulfide) groups is 1. The second kappa shape index (κ2) is 6.25. The summed E-state index contributed by atoms with van der Waals surface area (Å²) in [6, 6.07) is 3.40. The highest BCUT2D eigenvalue weighted by Gasteiger charge is 2.29. The van der Waals surface area contributed by atoms with Gasteiger partial charge in [0, 0.05) is 29.0 Å². The number of aromatic hydroxyl groups is 1. The first-order chi connectivity index (χ1) is 11.0. The third kappa shape index (κ3) is 2.82. The molecule has 2 aromatic heterocycles. The average molecular weight is 353 g/mol. The van der Waals surface area contributed by atoms with Crippen LogP contribution < -0.4 is 5.56 Å². The highest BCUT2D eigenvalue weighted by molar-refractivity contribution is 7.98. The van der Waals surface area contributed by atoms with Crippen molar-refractivity contribution in [3.63, 3.8) is 0 Å². The van der Waals surface area contributed by atoms with Crippen LogP contribution in [0, 0.1) is 0 Å². The number of pyridine rings is 2. The molecule has 23 heavy (non-hydrogen) atoms. The van der Waals surface area contributed by atoms with Crippen molar-refractivity contribution in [3.8, 4) is 5.75 Å². The number of rotatable bonds is 3. The SMILES string of the molecule is COC(=O)c1c(O)c2c(n(Cc3ccc(Cl)nc3)c1=O)CSC2. The van der Waals surface area contributed by atoms with E-state index >= 15 is 0 Å². The first-order valence-corrected chi connectivity index (χ1v) is 8.30. The summed E-state index contributed by atoms with van der Waals surface area (Å²) >= 11 is 7.34. The van der Waals surface area contributed by atoms with Gasteiger partial charge in [-0.15, -0.1) is 0 Å². The molecule has 0 unspecified atom stereocenters. The van der Waals surface area contributed by atoms with E-state index in [9.17, 15) is 14.7 Å². The Morgan fingerprint density at radius 3 is 2.91 bits per heavy atom. The monoisotopic (exact) mass is 352 g/mol. The van der Waals surface area contributed by atoms with Gasteiger partial charge in [0.05, 0.1) is 13.7 Å². The first-order valence-electron chi connectivity index (χ1n) is 6.77. The van der Waals surface area contributed by atoms with Crippen LogP contribution in [0.4, 0.5) is 0 Å². The van der Waals surface area contributed by atoms with Crippen molar-refractivity contribution in [2.75, 3.05) is 7.11 Å². The second-order valence-corrected chi connectivity index (χ2v) is 6.39. The van der Waals surface area contributed by atoms with Crippen LogP contribution in [0.1, 0.15) is 27.2 Å². The molecule has 1 aliphatic rings. The van der Waals surface area contributed by atoms with E-state index in [0.29, 0.717) is 22.2 Å². The number of aromatic nitrogens is 2. The smallest absolute Gasteiger partial charge is 0.347 e. The lowest BCUT2D eigenvalue weighted by molar-refractivity contribution is 0.0594. The molecule has 120 valence electrons. The van der Waals surface area contributed by atoms with Gasteiger partial charge in [-0.1, -0.05) is 17.7 Å². The van der Waals surface area contributed by atoms with Crippen molar-refractivity contribution >= 4 is 29.3 Å². The zero-order chi connectivity index (χ0) is 16.6. The molecule has 0 fully saturated rings. The fourth-order valence-electron chi connectivity index (χ4n) is 2.51. The minimum atomic E-state index is -0.838. The van der Waals surface area contributed by atoms with Crippen molar-refractivity contribution in [2.24, 2.45) is 0 Å². The number of nitrogens with zero attached hydrogens (tertiary/aromatic N) is 2. The fraction of sp³-hybridized carbons (Fsp3) is 0.267. The van der Waals surface area contributed by atoms with Gasteiger partial charge in [0.2, 0.25) is 0 Å². The maximum atomic E-state index is 12.7. The molecule has 2 aromatic rings. The van der Waals surface area contributed by atoms with Gasteiger partial charge in [-0.25, -0.2) is 9.78 Å². The molecular formula is C15H13ClN2O4S. The van der Waals surface area contributed by atoms with Gasteiger partial charge in [0.1, 0.15) is 10.9 Å². The number of esters is 1. The third-order valence-electron chi connectivity index (χ3n) is 3.66. The topological polar surface area (TPSA) is 81.4 Å². The van der Waals surface area contributed by atoms with E-state index in [1.165, 1.54) is 11.7 Å². The molecule has 0 radical (unpaired) electrons. The number of carbonyl (C=O) groups excluding carboxylic acids is 1. The maximum Gasteiger partial charge on any atom is 0.347 e. The molecule has 0 amide bonds. The van der Waals surface area contributed by atoms with E-state index in [4.69, 9.17) is 11.6 Å². The van der Waals surface area contributed by atoms with Gasteiger partial charge in [-0.3, -0.25) is 4.79 Å². The summed E-state index contributed by atoms with van der Waals surface area (Å²) in [5.41, 5.74) is 1.22. The van der Waals surface area contributed by atoms with Crippen LogP contribution >= 0.6 is 23.4 Å². The van der Waals surface area contributed by atoms with Crippen LogP contribution in [0.3, 0.4) is 0 Å². The molecule has 0 atom stereocenters. The van der Waals surface area contributed by atoms with Crippen molar-refractivity contribution in [3.05, 3.63) is 56.2 Å². The highest BCUT2D eigenvalue weighted by atomic mass is 35.5. The van der Waals surface area contributed by atoms with E-state index in [2.05, 4.69) is 9.72 Å². The normalized spacial score (nSPS) is 13.0. The van der Waals surface area contributed by atoms with Gasteiger partial charge in [0.15, 0.2) is 5.56 Å². The lowest BCUT2D eigenvalue weighted by Gasteiger charge is -2.15. The number of halogens is 1. The quantitative estimate of drug-likeness (QED) is 0.673. The van der Waals surface area contributed by atoms with Gasteiger partial charge in [-0.05, 0) is 11.6 Å². The molecule has 0 spiro atoms. The summed E-state index contributed by atoms with van der Waals surface area (Å²) in [4.78, 5) is 28.5. The molecule has 8 heteroatoms. The van der Waals surface area contributed by atoms with Crippen LogP contribution in [-0.4, -0.2) is 27.7 Å². The maximum absolute atomic E-state index is 12.7. The van der Waals surface area contributed by atoms with Crippen molar-refractivity contribution in [1.29, 1.82) is 0 Å². The number of ether oxygens (including phenoxy) is 1. The summed E-state index contributed by atoms with van der Waals surface area (Å²) in [7, 11) is 1.18. The molecule has 0 aromatic carbocycles. The van der Waals surface area contributed by atoms with Gasteiger partial charge >= 0.3 is 5.97 Å². The standard InChI is InChI=1S/C15H13ClN2O4S/c1-22-15(21)12-13(19)9-6-23-7-10(9)18(14(12)20)5-8-2-3-11(16)17-4-8/h2-4,19H,5-7H2,1H3. The molecular weight excluding hydrogens is 340 g/mol. The molecule has 0 saturated heterocycles. The first kappa shape index (κ1) is 15.9. The number of hydrogen-bond acceptors (Lipinski definition) is 6. The van der Waals surface area contributed by atoms with Crippen molar-refractivity contribution < 1.29 is 14.6 Å². The second-order valence-electron chi connectivity index (χ2n) is 5.01. The summed E-state index contributed by atoms with van der Waals surface area (Å²) in [5, 5.41) is 10.6. The van der Waals surface area contributed by atoms with E-state index in [0.717, 1.165) is 11.3 Å². The molecule has 6 nitrogen and oxygen atoms in total. The van der Waals surface area contributed by atoms with Crippen LogP contribution in [0.15, 0.2) is 23.1 Å². The summed E-state index contributed by atoms with van der Waals surface area (Å²) in [6.07, 6.45) is 1.58. The molecule has 1 aliphatic heterocycles. The lowest BCUT2D eigenvalue weighted by Crippen LogP contribution is -2.30. The van der Waals surface area contributed by atoms with Gasteiger partial charge in [-0.2, -0.15) is 11.8 Å². The lowest BCUT2D eigenvalue weighted by atomic mass is 10.1. The molecule has 0 saturated carbocycles. The molecule has 0 bridgehead atoms. The average Bonchev–Trinajstić information content (AvgIpc) is 3.03. The summed E-state index contributed by atoms with van der Waals surface area (Å²) < 4.78 is 6.12. The number of carbonyl (C=O) groups is 1. The Bertz CT molecular complexity index is 833.